The van der Waals surface area contributed by atoms with E-state index in [1.54, 1.807) is 24.7 Å². The molecule has 1 fully saturated rings. The van der Waals surface area contributed by atoms with Crippen LogP contribution in [-0.4, -0.2) is 35.8 Å². The number of nitrogens with zero attached hydrogens (tertiary/aromatic N) is 3. The second-order valence-electron chi connectivity index (χ2n) is 8.56. The molecule has 5 rings (SSSR count). The third-order valence-corrected chi connectivity index (χ3v) is 7.48. The monoisotopic (exact) mass is 473 g/mol. The Morgan fingerprint density at radius 3 is 2.35 bits per heavy atom. The van der Waals surface area contributed by atoms with E-state index in [2.05, 4.69) is 23.2 Å². The van der Waals surface area contributed by atoms with Crippen molar-refractivity contribution < 1.29 is 14.3 Å². The van der Waals surface area contributed by atoms with E-state index < -0.39 is 0 Å². The fraction of sp³-hybridized carbons (Fsp3) is 0.296. The summed E-state index contributed by atoms with van der Waals surface area (Å²) in [5, 5.41) is 6.66. The Hall–Kier alpha value is -3.45. The lowest BCUT2D eigenvalue weighted by Gasteiger charge is -2.29. The van der Waals surface area contributed by atoms with Crippen LogP contribution in [-0.2, 0) is 0 Å². The largest absolute Gasteiger partial charge is 0.497 e. The molecule has 1 aliphatic carbocycles. The maximum atomic E-state index is 13.6. The van der Waals surface area contributed by atoms with Crippen molar-refractivity contribution in [3.05, 3.63) is 81.3 Å². The lowest BCUT2D eigenvalue weighted by molar-refractivity contribution is 0.0685. The third kappa shape index (κ3) is 4.12. The van der Waals surface area contributed by atoms with E-state index >= 15 is 0 Å². The van der Waals surface area contributed by atoms with Crippen LogP contribution in [0, 0.1) is 12.8 Å². The van der Waals surface area contributed by atoms with Crippen molar-refractivity contribution in [3.63, 3.8) is 0 Å². The van der Waals surface area contributed by atoms with Crippen molar-refractivity contribution in [3.8, 4) is 11.5 Å². The maximum absolute atomic E-state index is 13.6. The van der Waals surface area contributed by atoms with Gasteiger partial charge in [0.05, 0.1) is 37.2 Å². The van der Waals surface area contributed by atoms with Gasteiger partial charge < -0.3 is 9.47 Å². The summed E-state index contributed by atoms with van der Waals surface area (Å²) >= 11 is 1.37. The standard InChI is InChI=1S/C27H27N3O3S/c1-17-26(34-16-28-17)27(31)30-25(19-9-13-22(33-3)14-10-19)23-6-4-5-20(24(23)29-30)15-18-7-11-21(32-2)12-8-18/h7-16,23,25H,4-6H2,1-3H3/b20-15-. The molecule has 2 heterocycles. The van der Waals surface area contributed by atoms with Crippen molar-refractivity contribution in [2.45, 2.75) is 32.2 Å². The van der Waals surface area contributed by atoms with Gasteiger partial charge in [-0.25, -0.2) is 9.99 Å². The highest BCUT2D eigenvalue weighted by Crippen LogP contribution is 2.45. The van der Waals surface area contributed by atoms with Crippen molar-refractivity contribution in [2.75, 3.05) is 14.2 Å². The van der Waals surface area contributed by atoms with Gasteiger partial charge >= 0.3 is 0 Å². The average Bonchev–Trinajstić information content (AvgIpc) is 3.48. The summed E-state index contributed by atoms with van der Waals surface area (Å²) in [5.41, 5.74) is 6.83. The second-order valence-corrected chi connectivity index (χ2v) is 9.42. The molecule has 6 nitrogen and oxygen atoms in total. The minimum atomic E-state index is -0.158. The van der Waals surface area contributed by atoms with E-state index in [4.69, 9.17) is 14.6 Å². The first-order valence-corrected chi connectivity index (χ1v) is 12.3. The molecule has 0 radical (unpaired) electrons. The predicted molar refractivity (Wildman–Crippen MR) is 135 cm³/mol. The van der Waals surface area contributed by atoms with Gasteiger partial charge in [0, 0.05) is 5.92 Å². The molecule has 0 spiro atoms. The minimum Gasteiger partial charge on any atom is -0.497 e. The van der Waals surface area contributed by atoms with Crippen LogP contribution in [0.15, 0.2) is 64.7 Å². The molecule has 0 saturated heterocycles. The minimum absolute atomic E-state index is 0.0912. The maximum Gasteiger partial charge on any atom is 0.286 e. The molecule has 0 N–H and O–H groups in total. The van der Waals surface area contributed by atoms with Crippen LogP contribution in [0.25, 0.3) is 6.08 Å². The van der Waals surface area contributed by atoms with Gasteiger partial charge in [-0.2, -0.15) is 5.10 Å². The number of benzene rings is 2. The number of thiazole rings is 1. The third-order valence-electron chi connectivity index (χ3n) is 6.56. The molecule has 2 aromatic carbocycles. The van der Waals surface area contributed by atoms with E-state index in [-0.39, 0.29) is 17.9 Å². The average molecular weight is 474 g/mol. The van der Waals surface area contributed by atoms with Crippen molar-refractivity contribution >= 4 is 29.0 Å². The van der Waals surface area contributed by atoms with E-state index in [0.717, 1.165) is 53.3 Å². The molecule has 7 heteroatoms. The summed E-state index contributed by atoms with van der Waals surface area (Å²) in [6.07, 6.45) is 5.18. The van der Waals surface area contributed by atoms with Gasteiger partial charge in [0.1, 0.15) is 16.4 Å². The molecule has 1 aliphatic heterocycles. The molecule has 1 saturated carbocycles. The zero-order valence-corrected chi connectivity index (χ0v) is 20.3. The van der Waals surface area contributed by atoms with Crippen LogP contribution in [0.5, 0.6) is 11.5 Å². The number of aromatic nitrogens is 1. The van der Waals surface area contributed by atoms with Crippen LogP contribution >= 0.6 is 11.3 Å². The van der Waals surface area contributed by atoms with Crippen molar-refractivity contribution in [1.29, 1.82) is 0 Å². The number of allylic oxidation sites excluding steroid dienone is 1. The normalized spacial score (nSPS) is 20.7. The predicted octanol–water partition coefficient (Wildman–Crippen LogP) is 5.91. The number of hydrazone groups is 1. The van der Waals surface area contributed by atoms with Crippen molar-refractivity contribution in [2.24, 2.45) is 11.0 Å². The van der Waals surface area contributed by atoms with Gasteiger partial charge in [-0.3, -0.25) is 4.79 Å². The van der Waals surface area contributed by atoms with E-state index in [1.807, 2.05) is 43.3 Å². The molecule has 0 bridgehead atoms. The molecule has 2 atom stereocenters. The van der Waals surface area contributed by atoms with Gasteiger partial charge in [-0.1, -0.05) is 24.3 Å². The number of carbonyl (C=O) groups excluding carboxylic acids is 1. The van der Waals surface area contributed by atoms with Gasteiger partial charge in [-0.15, -0.1) is 11.3 Å². The summed E-state index contributed by atoms with van der Waals surface area (Å²) in [4.78, 5) is 18.6. The van der Waals surface area contributed by atoms with Gasteiger partial charge in [0.25, 0.3) is 5.91 Å². The quantitative estimate of drug-likeness (QED) is 0.462. The van der Waals surface area contributed by atoms with Gasteiger partial charge in [-0.05, 0) is 73.2 Å². The number of hydrogen-bond donors (Lipinski definition) is 0. The number of aryl methyl sites for hydroxylation is 1. The summed E-state index contributed by atoms with van der Waals surface area (Å²) < 4.78 is 10.6. The highest BCUT2D eigenvalue weighted by atomic mass is 32.1. The number of amides is 1. The Labute approximate surface area is 203 Å². The zero-order valence-electron chi connectivity index (χ0n) is 19.5. The van der Waals surface area contributed by atoms with E-state index in [1.165, 1.54) is 16.9 Å². The van der Waals surface area contributed by atoms with Crippen LogP contribution < -0.4 is 9.47 Å². The van der Waals surface area contributed by atoms with Crippen LogP contribution in [0.2, 0.25) is 0 Å². The molecule has 1 aromatic heterocycles. The Bertz CT molecular complexity index is 1240. The Morgan fingerprint density at radius 1 is 1.06 bits per heavy atom. The molecule has 2 aliphatic rings. The van der Waals surface area contributed by atoms with Crippen LogP contribution in [0.1, 0.15) is 51.8 Å². The molecule has 2 unspecified atom stereocenters. The van der Waals surface area contributed by atoms with Gasteiger partial charge in [0.2, 0.25) is 0 Å². The highest BCUT2D eigenvalue weighted by Gasteiger charge is 2.44. The first-order valence-electron chi connectivity index (χ1n) is 11.4. The molecule has 174 valence electrons. The van der Waals surface area contributed by atoms with E-state index in [9.17, 15) is 4.79 Å². The fourth-order valence-corrected chi connectivity index (χ4v) is 5.55. The second kappa shape index (κ2) is 9.43. The molecular weight excluding hydrogens is 446 g/mol. The highest BCUT2D eigenvalue weighted by molar-refractivity contribution is 7.11. The Balaban J connectivity index is 1.55. The molecule has 1 amide bonds. The first-order chi connectivity index (χ1) is 16.6. The molecule has 34 heavy (non-hydrogen) atoms. The molecule has 3 aromatic rings. The number of methoxy groups -OCH3 is 2. The topological polar surface area (TPSA) is 64.0 Å². The lowest BCUT2D eigenvalue weighted by Crippen LogP contribution is -2.31. The molecular formula is C27H27N3O3S. The fourth-order valence-electron chi connectivity index (χ4n) is 4.81. The summed E-state index contributed by atoms with van der Waals surface area (Å²) in [5.74, 6) is 1.68. The smallest absolute Gasteiger partial charge is 0.286 e. The van der Waals surface area contributed by atoms with Crippen molar-refractivity contribution in [1.82, 2.24) is 9.99 Å². The zero-order chi connectivity index (χ0) is 23.7. The number of carbonyl (C=O) groups is 1. The SMILES string of the molecule is COc1ccc(/C=C2/CCCC3C2=NN(C(=O)c2scnc2C)C3c2ccc(OC)cc2)cc1. The number of fused-ring (bicyclic) bond motifs is 1. The van der Waals surface area contributed by atoms with Crippen LogP contribution in [0.3, 0.4) is 0 Å². The van der Waals surface area contributed by atoms with Crippen LogP contribution in [0.4, 0.5) is 0 Å². The number of rotatable bonds is 5. The number of ether oxygens (including phenoxy) is 2. The number of hydrogen-bond acceptors (Lipinski definition) is 6. The Kier molecular flexibility index (Phi) is 6.20. The first kappa shape index (κ1) is 22.3. The Morgan fingerprint density at radius 2 is 1.74 bits per heavy atom. The summed E-state index contributed by atoms with van der Waals surface area (Å²) in [6.45, 7) is 1.87. The lowest BCUT2D eigenvalue weighted by atomic mass is 9.77. The van der Waals surface area contributed by atoms with E-state index in [0.29, 0.717) is 4.88 Å². The summed E-state index contributed by atoms with van der Waals surface area (Å²) in [6, 6.07) is 15.9. The summed E-state index contributed by atoms with van der Waals surface area (Å²) in [7, 11) is 3.33. The van der Waals surface area contributed by atoms with Gasteiger partial charge in [0.15, 0.2) is 0 Å².